The van der Waals surface area contributed by atoms with Gasteiger partial charge in [0.25, 0.3) is 0 Å². The highest BCUT2D eigenvalue weighted by atomic mass is 16.6. The predicted molar refractivity (Wildman–Crippen MR) is 116 cm³/mol. The minimum atomic E-state index is -0.972. The molecule has 0 N–H and O–H groups in total. The summed E-state index contributed by atoms with van der Waals surface area (Å²) >= 11 is 0. The molecule has 1 heterocycles. The smallest absolute Gasteiger partial charge is 0.331 e. The van der Waals surface area contributed by atoms with Crippen molar-refractivity contribution in [3.05, 3.63) is 12.2 Å². The molecule has 0 unspecified atom stereocenters. The Kier molecular flexibility index (Phi) is 12.1. The summed E-state index contributed by atoms with van der Waals surface area (Å²) in [4.78, 5) is 48.4. The summed E-state index contributed by atoms with van der Waals surface area (Å²) in [5.41, 5.74) is -0.628. The van der Waals surface area contributed by atoms with Crippen molar-refractivity contribution in [1.82, 2.24) is 0 Å². The van der Waals surface area contributed by atoms with Crippen molar-refractivity contribution in [2.45, 2.75) is 116 Å². The molecule has 0 aromatic heterocycles. The second-order valence-corrected chi connectivity index (χ2v) is 9.10. The monoisotopic (exact) mass is 438 g/mol. The summed E-state index contributed by atoms with van der Waals surface area (Å²) in [6.45, 7) is 7.09. The maximum atomic E-state index is 12.5. The molecule has 0 aliphatic carbocycles. The van der Waals surface area contributed by atoms with Gasteiger partial charge in [-0.25, -0.2) is 4.79 Å². The van der Waals surface area contributed by atoms with Crippen molar-refractivity contribution in [3.63, 3.8) is 0 Å². The van der Waals surface area contributed by atoms with Crippen LogP contribution in [0.15, 0.2) is 12.2 Å². The van der Waals surface area contributed by atoms with Gasteiger partial charge in [0.15, 0.2) is 11.9 Å². The first-order chi connectivity index (χ1) is 14.6. The second kappa shape index (κ2) is 14.0. The van der Waals surface area contributed by atoms with E-state index in [2.05, 4.69) is 0 Å². The highest BCUT2D eigenvalue weighted by Crippen LogP contribution is 2.16. The highest BCUT2D eigenvalue weighted by molar-refractivity contribution is 5.99. The third kappa shape index (κ3) is 13.7. The minimum absolute atomic E-state index is 0.114. The Hall–Kier alpha value is -2.18. The summed E-state index contributed by atoms with van der Waals surface area (Å²) in [5.74, 6) is -2.17. The van der Waals surface area contributed by atoms with Gasteiger partial charge in [0.1, 0.15) is 5.60 Å². The normalized spacial score (nSPS) is 23.5. The fourth-order valence-electron chi connectivity index (χ4n) is 3.27. The Morgan fingerprint density at radius 3 is 2.06 bits per heavy atom. The summed E-state index contributed by atoms with van der Waals surface area (Å²) < 4.78 is 15.8. The zero-order valence-corrected chi connectivity index (χ0v) is 19.4. The zero-order valence-electron chi connectivity index (χ0n) is 19.4. The van der Waals surface area contributed by atoms with Crippen molar-refractivity contribution in [2.24, 2.45) is 0 Å². The number of carbonyl (C=O) groups excluding carboxylic acids is 4. The van der Waals surface area contributed by atoms with E-state index in [1.165, 1.54) is 0 Å². The Labute approximate surface area is 185 Å². The molecular weight excluding hydrogens is 400 g/mol. The lowest BCUT2D eigenvalue weighted by Gasteiger charge is -2.19. The Morgan fingerprint density at radius 2 is 1.45 bits per heavy atom. The van der Waals surface area contributed by atoms with Crippen LogP contribution in [0.2, 0.25) is 0 Å². The second-order valence-electron chi connectivity index (χ2n) is 9.10. The summed E-state index contributed by atoms with van der Waals surface area (Å²) in [6, 6.07) is 0. The average Bonchev–Trinajstić information content (AvgIpc) is 2.66. The molecule has 1 aliphatic rings. The largest absolute Gasteiger partial charge is 0.460 e. The molecule has 1 aliphatic heterocycles. The van der Waals surface area contributed by atoms with E-state index in [0.717, 1.165) is 63.5 Å². The Bertz CT molecular complexity index is 630. The van der Waals surface area contributed by atoms with Crippen molar-refractivity contribution < 1.29 is 33.4 Å². The topological polar surface area (TPSA) is 96.0 Å². The van der Waals surface area contributed by atoms with E-state index in [1.807, 2.05) is 6.92 Å². The van der Waals surface area contributed by atoms with Gasteiger partial charge in [-0.2, -0.15) is 0 Å². The van der Waals surface area contributed by atoms with Crippen LogP contribution in [-0.2, 0) is 33.4 Å². The lowest BCUT2D eigenvalue weighted by molar-refractivity contribution is -0.160. The van der Waals surface area contributed by atoms with E-state index >= 15 is 0 Å². The molecule has 31 heavy (non-hydrogen) atoms. The van der Waals surface area contributed by atoms with E-state index in [0.29, 0.717) is 6.42 Å². The van der Waals surface area contributed by atoms with Crippen LogP contribution in [0.25, 0.3) is 0 Å². The molecule has 0 amide bonds. The molecule has 0 saturated carbocycles. The molecule has 176 valence electrons. The number of carbonyl (C=O) groups is 4. The van der Waals surface area contributed by atoms with Crippen LogP contribution >= 0.6 is 0 Å². The number of hydrogen-bond acceptors (Lipinski definition) is 7. The maximum Gasteiger partial charge on any atom is 0.331 e. The summed E-state index contributed by atoms with van der Waals surface area (Å²) in [5, 5.41) is 0. The highest BCUT2D eigenvalue weighted by Gasteiger charge is 2.23. The fourth-order valence-corrected chi connectivity index (χ4v) is 3.27. The van der Waals surface area contributed by atoms with Crippen molar-refractivity contribution in [2.75, 3.05) is 0 Å². The number of esters is 3. The van der Waals surface area contributed by atoms with Gasteiger partial charge in [-0.1, -0.05) is 32.1 Å². The van der Waals surface area contributed by atoms with Crippen molar-refractivity contribution in [3.8, 4) is 0 Å². The lowest BCUT2D eigenvalue weighted by Crippen LogP contribution is -2.28. The van der Waals surface area contributed by atoms with Gasteiger partial charge in [-0.3, -0.25) is 14.4 Å². The number of ketones is 1. The number of ether oxygens (including phenoxy) is 3. The SMILES string of the molecule is C[C@@H]1CCCCCCCCC[C@H](OC(=O)CCC(=O)OC(C)(C)C)C(=O)/C=C/C(=O)O1. The number of rotatable bonds is 4. The molecule has 0 saturated heterocycles. The molecule has 0 radical (unpaired) electrons. The van der Waals surface area contributed by atoms with E-state index in [-0.39, 0.29) is 18.9 Å². The molecule has 0 aromatic rings. The van der Waals surface area contributed by atoms with Gasteiger partial charge in [-0.05, 0) is 59.5 Å². The van der Waals surface area contributed by atoms with Crippen LogP contribution in [0.1, 0.15) is 98.3 Å². The van der Waals surface area contributed by atoms with E-state index in [4.69, 9.17) is 14.2 Å². The first-order valence-electron chi connectivity index (χ1n) is 11.4. The fraction of sp³-hybridized carbons (Fsp3) is 0.750. The third-order valence-corrected chi connectivity index (χ3v) is 4.82. The molecule has 7 nitrogen and oxygen atoms in total. The predicted octanol–water partition coefficient (Wildman–Crippen LogP) is 4.60. The van der Waals surface area contributed by atoms with Gasteiger partial charge < -0.3 is 14.2 Å². The summed E-state index contributed by atoms with van der Waals surface area (Å²) in [6.07, 6.45) is 9.04. The number of cyclic esters (lactones) is 1. The zero-order chi connectivity index (χ0) is 23.3. The quantitative estimate of drug-likeness (QED) is 0.467. The Morgan fingerprint density at radius 1 is 0.903 bits per heavy atom. The molecule has 0 fully saturated rings. The van der Waals surface area contributed by atoms with E-state index in [9.17, 15) is 19.2 Å². The molecule has 0 spiro atoms. The summed E-state index contributed by atoms with van der Waals surface area (Å²) in [7, 11) is 0. The van der Waals surface area contributed by atoms with Gasteiger partial charge in [-0.15, -0.1) is 0 Å². The maximum absolute atomic E-state index is 12.5. The average molecular weight is 439 g/mol. The molecular formula is C24H38O7. The first kappa shape index (κ1) is 26.9. The van der Waals surface area contributed by atoms with Crippen LogP contribution < -0.4 is 0 Å². The van der Waals surface area contributed by atoms with Crippen LogP contribution in [0.5, 0.6) is 0 Å². The van der Waals surface area contributed by atoms with Gasteiger partial charge in [0.05, 0.1) is 18.9 Å². The van der Waals surface area contributed by atoms with Crippen LogP contribution in [-0.4, -0.2) is 41.5 Å². The van der Waals surface area contributed by atoms with Crippen LogP contribution in [0, 0.1) is 0 Å². The van der Waals surface area contributed by atoms with Crippen molar-refractivity contribution >= 4 is 23.7 Å². The standard InChI is InChI=1S/C24H38O7/c1-18-12-10-8-6-5-7-9-11-13-20(19(25)14-15-21(26)29-18)30-22(27)16-17-23(28)31-24(2,3)4/h14-15,18,20H,5-13,16-17H2,1-4H3/b15-14+/t18-,20+/m1/s1. The minimum Gasteiger partial charge on any atom is -0.460 e. The first-order valence-corrected chi connectivity index (χ1v) is 11.4. The molecule has 7 heteroatoms. The number of hydrogen-bond donors (Lipinski definition) is 0. The molecule has 0 aromatic carbocycles. The van der Waals surface area contributed by atoms with Gasteiger partial charge >= 0.3 is 17.9 Å². The van der Waals surface area contributed by atoms with E-state index in [1.54, 1.807) is 20.8 Å². The van der Waals surface area contributed by atoms with Crippen molar-refractivity contribution in [1.29, 1.82) is 0 Å². The van der Waals surface area contributed by atoms with E-state index < -0.39 is 35.4 Å². The molecule has 1 rings (SSSR count). The lowest BCUT2D eigenvalue weighted by atomic mass is 10.0. The van der Waals surface area contributed by atoms with Crippen LogP contribution in [0.4, 0.5) is 0 Å². The van der Waals surface area contributed by atoms with Gasteiger partial charge in [0.2, 0.25) is 0 Å². The van der Waals surface area contributed by atoms with Crippen LogP contribution in [0.3, 0.4) is 0 Å². The molecule has 2 atom stereocenters. The molecule has 0 bridgehead atoms. The van der Waals surface area contributed by atoms with Gasteiger partial charge in [0, 0.05) is 6.08 Å². The third-order valence-electron chi connectivity index (χ3n) is 4.82. The Balaban J connectivity index is 2.67.